The number of carbonyl (C=O) groups excluding carboxylic acids is 1. The maximum atomic E-state index is 12.6. The van der Waals surface area contributed by atoms with Gasteiger partial charge in [-0.1, -0.05) is 25.5 Å². The number of rotatable bonds is 9. The Hall–Kier alpha value is -1.79. The molecule has 28 heavy (non-hydrogen) atoms. The van der Waals surface area contributed by atoms with Crippen molar-refractivity contribution in [2.45, 2.75) is 57.6 Å². The third-order valence-electron chi connectivity index (χ3n) is 6.09. The van der Waals surface area contributed by atoms with Gasteiger partial charge in [0.15, 0.2) is 0 Å². The lowest BCUT2D eigenvalue weighted by Gasteiger charge is -2.44. The molecular formula is C22H34N2O4. The second kappa shape index (κ2) is 9.14. The molecule has 2 atom stereocenters. The van der Waals surface area contributed by atoms with Gasteiger partial charge < -0.3 is 19.9 Å². The zero-order chi connectivity index (χ0) is 20.0. The number of amides is 1. The number of carbonyl (C=O) groups is 1. The first-order valence-corrected chi connectivity index (χ1v) is 10.4. The average Bonchev–Trinajstić information content (AvgIpc) is 3.00. The molecular weight excluding hydrogens is 356 g/mol. The minimum Gasteiger partial charge on any atom is -0.497 e. The van der Waals surface area contributed by atoms with E-state index in [1.54, 1.807) is 7.11 Å². The van der Waals surface area contributed by atoms with Gasteiger partial charge in [0.2, 0.25) is 0 Å². The molecule has 1 aromatic rings. The second-order valence-corrected chi connectivity index (χ2v) is 8.40. The zero-order valence-electron chi connectivity index (χ0n) is 17.2. The first kappa shape index (κ1) is 20.9. The van der Waals surface area contributed by atoms with Gasteiger partial charge in [-0.3, -0.25) is 4.90 Å². The first-order valence-electron chi connectivity index (χ1n) is 10.4. The summed E-state index contributed by atoms with van der Waals surface area (Å²) >= 11 is 0. The van der Waals surface area contributed by atoms with Crippen molar-refractivity contribution < 1.29 is 19.0 Å². The lowest BCUT2D eigenvalue weighted by molar-refractivity contribution is -0.0598. The summed E-state index contributed by atoms with van der Waals surface area (Å²) in [5, 5.41) is 0. The Balaban J connectivity index is 1.63. The van der Waals surface area contributed by atoms with Crippen LogP contribution in [-0.4, -0.2) is 50.0 Å². The van der Waals surface area contributed by atoms with Crippen LogP contribution in [-0.2, 0) is 16.0 Å². The number of ether oxygens (including phenoxy) is 3. The third kappa shape index (κ3) is 4.78. The van der Waals surface area contributed by atoms with Crippen LogP contribution < -0.4 is 10.5 Å². The summed E-state index contributed by atoms with van der Waals surface area (Å²) < 4.78 is 17.1. The molecule has 1 amide bonds. The number of nitrogens with zero attached hydrogens (tertiary/aromatic N) is 1. The van der Waals surface area contributed by atoms with E-state index >= 15 is 0 Å². The van der Waals surface area contributed by atoms with Crippen molar-refractivity contribution in [3.63, 3.8) is 0 Å². The number of hydrogen-bond donors (Lipinski definition) is 1. The van der Waals surface area contributed by atoms with E-state index in [4.69, 9.17) is 19.9 Å². The summed E-state index contributed by atoms with van der Waals surface area (Å²) in [6.45, 7) is 5.32. The highest BCUT2D eigenvalue weighted by molar-refractivity contribution is 5.70. The Morgan fingerprint density at radius 1 is 1.25 bits per heavy atom. The Kier molecular flexibility index (Phi) is 6.83. The molecule has 1 aliphatic carbocycles. The minimum atomic E-state index is -0.435. The van der Waals surface area contributed by atoms with Crippen LogP contribution in [0.2, 0.25) is 0 Å². The molecule has 6 nitrogen and oxygen atoms in total. The van der Waals surface area contributed by atoms with Crippen LogP contribution in [0.5, 0.6) is 5.75 Å². The Morgan fingerprint density at radius 2 is 2.04 bits per heavy atom. The van der Waals surface area contributed by atoms with E-state index in [9.17, 15) is 4.79 Å². The lowest BCUT2D eigenvalue weighted by atomic mass is 9.67. The van der Waals surface area contributed by atoms with E-state index < -0.39 is 5.60 Å². The van der Waals surface area contributed by atoms with Crippen LogP contribution in [0.15, 0.2) is 24.3 Å². The van der Waals surface area contributed by atoms with Gasteiger partial charge in [0.05, 0.1) is 20.3 Å². The normalized spacial score (nSPS) is 27.2. The fraction of sp³-hybridized carbons (Fsp3) is 0.682. The van der Waals surface area contributed by atoms with Crippen molar-refractivity contribution in [1.29, 1.82) is 0 Å². The topological polar surface area (TPSA) is 74.0 Å². The average molecular weight is 391 g/mol. The first-order chi connectivity index (χ1) is 13.5. The van der Waals surface area contributed by atoms with Crippen LogP contribution in [0.4, 0.5) is 4.79 Å². The van der Waals surface area contributed by atoms with Crippen LogP contribution in [0.1, 0.15) is 51.0 Å². The largest absolute Gasteiger partial charge is 0.497 e. The molecule has 1 aromatic carbocycles. The highest BCUT2D eigenvalue weighted by Crippen LogP contribution is 2.46. The summed E-state index contributed by atoms with van der Waals surface area (Å²) in [7, 11) is 1.65. The van der Waals surface area contributed by atoms with E-state index in [2.05, 4.69) is 6.92 Å². The lowest BCUT2D eigenvalue weighted by Crippen LogP contribution is -2.49. The second-order valence-electron chi connectivity index (χ2n) is 8.40. The molecule has 6 heteroatoms. The van der Waals surface area contributed by atoms with Crippen molar-refractivity contribution >= 4 is 6.09 Å². The number of methoxy groups -OCH3 is 1. The third-order valence-corrected chi connectivity index (χ3v) is 6.09. The van der Waals surface area contributed by atoms with Crippen molar-refractivity contribution in [1.82, 2.24) is 4.90 Å². The molecule has 0 aromatic heterocycles. The van der Waals surface area contributed by atoms with Crippen LogP contribution in [0.25, 0.3) is 0 Å². The van der Waals surface area contributed by atoms with Gasteiger partial charge in [0.25, 0.3) is 0 Å². The van der Waals surface area contributed by atoms with Gasteiger partial charge in [-0.05, 0) is 49.8 Å². The molecule has 156 valence electrons. The fourth-order valence-electron chi connectivity index (χ4n) is 4.53. The van der Waals surface area contributed by atoms with Crippen LogP contribution in [0.3, 0.4) is 0 Å². The molecule has 0 radical (unpaired) electrons. The van der Waals surface area contributed by atoms with Gasteiger partial charge in [-0.15, -0.1) is 0 Å². The Labute approximate surface area is 168 Å². The Bertz CT molecular complexity index is 650. The predicted molar refractivity (Wildman–Crippen MR) is 108 cm³/mol. The molecule has 1 saturated carbocycles. The van der Waals surface area contributed by atoms with E-state index in [0.717, 1.165) is 56.4 Å². The van der Waals surface area contributed by atoms with Crippen molar-refractivity contribution in [2.24, 2.45) is 11.1 Å². The molecule has 2 fully saturated rings. The van der Waals surface area contributed by atoms with Crippen LogP contribution >= 0.6 is 0 Å². The van der Waals surface area contributed by atoms with Gasteiger partial charge in [0, 0.05) is 25.1 Å². The van der Waals surface area contributed by atoms with Gasteiger partial charge >= 0.3 is 6.09 Å². The van der Waals surface area contributed by atoms with E-state index in [-0.39, 0.29) is 11.5 Å². The molecule has 2 N–H and O–H groups in total. The fourth-order valence-corrected chi connectivity index (χ4v) is 4.53. The van der Waals surface area contributed by atoms with Crippen LogP contribution in [0, 0.1) is 5.41 Å². The number of unbranched alkanes of at least 4 members (excludes halogenated alkanes) is 1. The maximum Gasteiger partial charge on any atom is 0.410 e. The smallest absolute Gasteiger partial charge is 0.410 e. The molecule has 2 aliphatic rings. The molecule has 0 bridgehead atoms. The summed E-state index contributed by atoms with van der Waals surface area (Å²) in [4.78, 5) is 14.4. The van der Waals surface area contributed by atoms with Crippen molar-refractivity contribution in [3.05, 3.63) is 29.8 Å². The summed E-state index contributed by atoms with van der Waals surface area (Å²) in [5.74, 6) is 0.812. The van der Waals surface area contributed by atoms with Crippen molar-refractivity contribution in [2.75, 3.05) is 33.4 Å². The highest BCUT2D eigenvalue weighted by atomic mass is 16.6. The zero-order valence-corrected chi connectivity index (χ0v) is 17.2. The summed E-state index contributed by atoms with van der Waals surface area (Å²) in [6.07, 6.45) is 5.69. The molecule has 1 aliphatic heterocycles. The summed E-state index contributed by atoms with van der Waals surface area (Å²) in [6, 6.07) is 7.81. The number of hydrogen-bond acceptors (Lipinski definition) is 5. The van der Waals surface area contributed by atoms with E-state index in [1.807, 2.05) is 29.2 Å². The minimum absolute atomic E-state index is 0.0948. The Morgan fingerprint density at radius 3 is 2.71 bits per heavy atom. The number of nitrogens with two attached hydrogens (primary N) is 1. The molecule has 1 heterocycles. The quantitative estimate of drug-likeness (QED) is 0.651. The molecule has 1 saturated heterocycles. The van der Waals surface area contributed by atoms with E-state index in [1.165, 1.54) is 0 Å². The monoisotopic (exact) mass is 390 g/mol. The number of benzene rings is 1. The molecule has 1 spiro atoms. The molecule has 0 unspecified atom stereocenters. The van der Waals surface area contributed by atoms with Gasteiger partial charge in [-0.2, -0.15) is 0 Å². The SMILES string of the molecule is CCCCOC[C@]1(CN)CCC[C@@]2(CN(Cc3ccc(OC)cc3)C(=O)O2)C1. The summed E-state index contributed by atoms with van der Waals surface area (Å²) in [5.41, 5.74) is 6.72. The molecule has 3 rings (SSSR count). The van der Waals surface area contributed by atoms with Gasteiger partial charge in [-0.25, -0.2) is 4.79 Å². The van der Waals surface area contributed by atoms with E-state index in [0.29, 0.717) is 26.2 Å². The predicted octanol–water partition coefficient (Wildman–Crippen LogP) is 3.72. The highest BCUT2D eigenvalue weighted by Gasteiger charge is 2.52. The maximum absolute atomic E-state index is 12.6. The van der Waals surface area contributed by atoms with Crippen molar-refractivity contribution in [3.8, 4) is 5.75 Å². The standard InChI is InChI=1S/C22H34N2O4/c1-3-4-12-27-17-21(15-23)10-5-11-22(14-21)16-24(20(25)28-22)13-18-6-8-19(26-2)9-7-18/h6-9H,3-5,10-17,23H2,1-2H3/t21-,22+/m1/s1. The van der Waals surface area contributed by atoms with Gasteiger partial charge in [0.1, 0.15) is 11.4 Å².